The van der Waals surface area contributed by atoms with E-state index in [4.69, 9.17) is 0 Å². The highest BCUT2D eigenvalue weighted by Gasteiger charge is 2.26. The zero-order valence-corrected chi connectivity index (χ0v) is 13.5. The van der Waals surface area contributed by atoms with Crippen LogP contribution in [0.1, 0.15) is 43.4 Å². The average molecular weight is 322 g/mol. The van der Waals surface area contributed by atoms with Crippen LogP contribution >= 0.6 is 11.3 Å². The lowest BCUT2D eigenvalue weighted by Crippen LogP contribution is -2.12. The first-order chi connectivity index (χ1) is 10.1. The molecule has 1 saturated carbocycles. The standard InChI is InChI=1S/C15H18N2O2S2/c1-2-3-11-4-8-13(9-5-11)21(18,19)17-15-16-14(10-20-15)12-6-7-12/h4-5,8-10,12H,2-3,6-7H2,1H3,(H,16,17). The van der Waals surface area contributed by atoms with Gasteiger partial charge in [-0.1, -0.05) is 25.5 Å². The number of benzene rings is 1. The van der Waals surface area contributed by atoms with E-state index < -0.39 is 10.0 Å². The van der Waals surface area contributed by atoms with Crippen LogP contribution in [-0.2, 0) is 16.4 Å². The lowest BCUT2D eigenvalue weighted by Gasteiger charge is -2.06. The van der Waals surface area contributed by atoms with E-state index in [2.05, 4.69) is 16.6 Å². The normalized spacial score (nSPS) is 15.1. The topological polar surface area (TPSA) is 59.1 Å². The van der Waals surface area contributed by atoms with Crippen LogP contribution in [0.4, 0.5) is 5.13 Å². The molecule has 0 aliphatic heterocycles. The fourth-order valence-electron chi connectivity index (χ4n) is 2.20. The smallest absolute Gasteiger partial charge is 0.255 e. The van der Waals surface area contributed by atoms with Gasteiger partial charge in [-0.25, -0.2) is 13.4 Å². The Morgan fingerprint density at radius 1 is 1.29 bits per heavy atom. The second-order valence-electron chi connectivity index (χ2n) is 5.35. The highest BCUT2D eigenvalue weighted by atomic mass is 32.2. The highest BCUT2D eigenvalue weighted by Crippen LogP contribution is 2.41. The van der Waals surface area contributed by atoms with Gasteiger partial charge in [0, 0.05) is 11.3 Å². The molecule has 1 fully saturated rings. The molecule has 1 aliphatic carbocycles. The van der Waals surface area contributed by atoms with Crippen LogP contribution in [0.5, 0.6) is 0 Å². The van der Waals surface area contributed by atoms with Crippen molar-refractivity contribution in [3.05, 3.63) is 40.9 Å². The fourth-order valence-corrected chi connectivity index (χ4v) is 4.24. The number of anilines is 1. The summed E-state index contributed by atoms with van der Waals surface area (Å²) in [6, 6.07) is 7.05. The van der Waals surface area contributed by atoms with Gasteiger partial charge < -0.3 is 0 Å². The third-order valence-corrected chi connectivity index (χ3v) is 5.77. The first kappa shape index (κ1) is 14.5. The molecule has 2 aromatic rings. The van der Waals surface area contributed by atoms with Gasteiger partial charge in [0.15, 0.2) is 5.13 Å². The number of nitrogens with one attached hydrogen (secondary N) is 1. The molecule has 1 N–H and O–H groups in total. The third kappa shape index (κ3) is 3.44. The van der Waals surface area contributed by atoms with Crippen LogP contribution in [0.25, 0.3) is 0 Å². The molecule has 1 aromatic heterocycles. The second-order valence-corrected chi connectivity index (χ2v) is 7.89. The summed E-state index contributed by atoms with van der Waals surface area (Å²) in [5.41, 5.74) is 2.16. The van der Waals surface area contributed by atoms with Gasteiger partial charge in [-0.15, -0.1) is 11.3 Å². The lowest BCUT2D eigenvalue weighted by molar-refractivity contribution is 0.601. The zero-order valence-electron chi connectivity index (χ0n) is 11.9. The Morgan fingerprint density at radius 2 is 2.00 bits per heavy atom. The summed E-state index contributed by atoms with van der Waals surface area (Å²) in [5, 5.41) is 2.40. The van der Waals surface area contributed by atoms with Crippen LogP contribution in [0.2, 0.25) is 0 Å². The minimum absolute atomic E-state index is 0.283. The first-order valence-corrected chi connectivity index (χ1v) is 9.52. The van der Waals surface area contributed by atoms with E-state index >= 15 is 0 Å². The minimum Gasteiger partial charge on any atom is -0.255 e. The maximum Gasteiger partial charge on any atom is 0.263 e. The molecule has 0 saturated heterocycles. The van der Waals surface area contributed by atoms with E-state index in [1.165, 1.54) is 11.3 Å². The molecule has 112 valence electrons. The molecule has 4 nitrogen and oxygen atoms in total. The summed E-state index contributed by atoms with van der Waals surface area (Å²) >= 11 is 1.35. The van der Waals surface area contributed by atoms with Crippen molar-refractivity contribution in [3.63, 3.8) is 0 Å². The van der Waals surface area contributed by atoms with Crippen molar-refractivity contribution < 1.29 is 8.42 Å². The summed E-state index contributed by atoms with van der Waals surface area (Å²) in [4.78, 5) is 4.64. The molecule has 21 heavy (non-hydrogen) atoms. The molecule has 0 unspecified atom stereocenters. The van der Waals surface area contributed by atoms with E-state index in [9.17, 15) is 8.42 Å². The monoisotopic (exact) mass is 322 g/mol. The molecule has 0 spiro atoms. The van der Waals surface area contributed by atoms with Crippen LogP contribution in [-0.4, -0.2) is 13.4 Å². The van der Waals surface area contributed by atoms with Gasteiger partial charge in [0.1, 0.15) is 0 Å². The molecule has 1 heterocycles. The van der Waals surface area contributed by atoms with Crippen LogP contribution < -0.4 is 4.72 Å². The van der Waals surface area contributed by atoms with Gasteiger partial charge in [-0.3, -0.25) is 4.72 Å². The summed E-state index contributed by atoms with van der Waals surface area (Å²) in [5.74, 6) is 0.535. The predicted octanol–water partition coefficient (Wildman–Crippen LogP) is 3.77. The minimum atomic E-state index is -3.54. The van der Waals surface area contributed by atoms with E-state index in [1.807, 2.05) is 17.5 Å². The van der Waals surface area contributed by atoms with Gasteiger partial charge in [0.25, 0.3) is 10.0 Å². The number of thiazole rings is 1. The van der Waals surface area contributed by atoms with Gasteiger partial charge in [-0.05, 0) is 37.0 Å². The number of hydrogen-bond donors (Lipinski definition) is 1. The Bertz CT molecular complexity index is 716. The molecule has 0 amide bonds. The van der Waals surface area contributed by atoms with Gasteiger partial charge in [0.2, 0.25) is 0 Å². The number of nitrogens with zero attached hydrogens (tertiary/aromatic N) is 1. The lowest BCUT2D eigenvalue weighted by atomic mass is 10.1. The summed E-state index contributed by atoms with van der Waals surface area (Å²) in [6.07, 6.45) is 4.34. The predicted molar refractivity (Wildman–Crippen MR) is 85.3 cm³/mol. The number of sulfonamides is 1. The first-order valence-electron chi connectivity index (χ1n) is 7.15. The van der Waals surface area contributed by atoms with Crippen molar-refractivity contribution in [1.29, 1.82) is 0 Å². The Kier molecular flexibility index (Phi) is 3.99. The molecular weight excluding hydrogens is 304 g/mol. The molecule has 3 rings (SSSR count). The second kappa shape index (κ2) is 5.77. The average Bonchev–Trinajstić information content (AvgIpc) is 3.21. The Labute approximate surface area is 129 Å². The third-order valence-electron chi connectivity index (χ3n) is 3.51. The van der Waals surface area contributed by atoms with Crippen molar-refractivity contribution in [3.8, 4) is 0 Å². The van der Waals surface area contributed by atoms with Crippen molar-refractivity contribution >= 4 is 26.5 Å². The van der Waals surface area contributed by atoms with Crippen LogP contribution in [0.15, 0.2) is 34.5 Å². The number of aryl methyl sites for hydroxylation is 1. The van der Waals surface area contributed by atoms with Crippen LogP contribution in [0, 0.1) is 0 Å². The Hall–Kier alpha value is -1.40. The Morgan fingerprint density at radius 3 is 2.62 bits per heavy atom. The quantitative estimate of drug-likeness (QED) is 0.880. The Balaban J connectivity index is 1.75. The molecule has 1 aliphatic rings. The summed E-state index contributed by atoms with van der Waals surface area (Å²) < 4.78 is 27.2. The van der Waals surface area contributed by atoms with Gasteiger partial charge in [0.05, 0.1) is 10.6 Å². The molecule has 0 atom stereocenters. The van der Waals surface area contributed by atoms with Crippen molar-refractivity contribution in [2.24, 2.45) is 0 Å². The summed E-state index contributed by atoms with van der Waals surface area (Å²) in [7, 11) is -3.54. The maximum atomic E-state index is 12.3. The molecule has 0 radical (unpaired) electrons. The molecular formula is C15H18N2O2S2. The highest BCUT2D eigenvalue weighted by molar-refractivity contribution is 7.93. The molecule has 1 aromatic carbocycles. The zero-order chi connectivity index (χ0) is 14.9. The maximum absolute atomic E-state index is 12.3. The SMILES string of the molecule is CCCc1ccc(S(=O)(=O)Nc2nc(C3CC3)cs2)cc1. The largest absolute Gasteiger partial charge is 0.263 e. The van der Waals surface area contributed by atoms with E-state index in [-0.39, 0.29) is 4.90 Å². The van der Waals surface area contributed by atoms with Gasteiger partial charge in [-0.2, -0.15) is 0 Å². The fraction of sp³-hybridized carbons (Fsp3) is 0.400. The van der Waals surface area contributed by atoms with Crippen LogP contribution in [0.3, 0.4) is 0 Å². The van der Waals surface area contributed by atoms with E-state index in [1.54, 1.807) is 12.1 Å². The number of hydrogen-bond acceptors (Lipinski definition) is 4. The molecule has 0 bridgehead atoms. The van der Waals surface area contributed by atoms with Gasteiger partial charge >= 0.3 is 0 Å². The number of rotatable bonds is 6. The van der Waals surface area contributed by atoms with Crippen molar-refractivity contribution in [1.82, 2.24) is 4.98 Å². The van der Waals surface area contributed by atoms with E-state index in [0.29, 0.717) is 11.0 Å². The summed E-state index contributed by atoms with van der Waals surface area (Å²) in [6.45, 7) is 2.10. The van der Waals surface area contributed by atoms with Crippen molar-refractivity contribution in [2.75, 3.05) is 4.72 Å². The van der Waals surface area contributed by atoms with Crippen molar-refractivity contribution in [2.45, 2.75) is 43.4 Å². The number of aromatic nitrogens is 1. The van der Waals surface area contributed by atoms with E-state index in [0.717, 1.165) is 36.9 Å². The molecule has 6 heteroatoms.